The van der Waals surface area contributed by atoms with E-state index < -0.39 is 0 Å². The summed E-state index contributed by atoms with van der Waals surface area (Å²) in [5, 5.41) is 3.65. The van der Waals surface area contributed by atoms with Crippen LogP contribution in [0.2, 0.25) is 0 Å². The minimum atomic E-state index is 0.806. The number of aryl methyl sites for hydroxylation is 1. The van der Waals surface area contributed by atoms with E-state index in [0.29, 0.717) is 0 Å². The predicted molar refractivity (Wildman–Crippen MR) is 89.4 cm³/mol. The van der Waals surface area contributed by atoms with Crippen molar-refractivity contribution in [1.29, 1.82) is 0 Å². The average molecular weight is 291 g/mol. The zero-order valence-corrected chi connectivity index (χ0v) is 14.1. The van der Waals surface area contributed by atoms with Gasteiger partial charge in [-0.15, -0.1) is 0 Å². The molecule has 0 aromatic carbocycles. The van der Waals surface area contributed by atoms with Crippen molar-refractivity contribution < 1.29 is 0 Å². The third-order valence-electron chi connectivity index (χ3n) is 5.25. The second kappa shape index (κ2) is 8.57. The molecular formula is C18H33N3. The number of nitrogens with one attached hydrogen (secondary N) is 1. The molecule has 1 N–H and O–H groups in total. The van der Waals surface area contributed by atoms with Crippen LogP contribution in [0.4, 0.5) is 0 Å². The summed E-state index contributed by atoms with van der Waals surface area (Å²) in [6, 6.07) is 0. The van der Waals surface area contributed by atoms with Crippen molar-refractivity contribution in [3.05, 3.63) is 18.2 Å². The van der Waals surface area contributed by atoms with E-state index in [1.807, 2.05) is 6.20 Å². The van der Waals surface area contributed by atoms with E-state index in [4.69, 9.17) is 0 Å². The summed E-state index contributed by atoms with van der Waals surface area (Å²) in [6.07, 6.45) is 12.0. The molecule has 1 aliphatic rings. The van der Waals surface area contributed by atoms with Gasteiger partial charge in [0.25, 0.3) is 0 Å². The second-order valence-corrected chi connectivity index (χ2v) is 6.65. The van der Waals surface area contributed by atoms with Gasteiger partial charge in [-0.3, -0.25) is 0 Å². The van der Waals surface area contributed by atoms with E-state index in [1.165, 1.54) is 44.5 Å². The fourth-order valence-electron chi connectivity index (χ4n) is 3.83. The molecular weight excluding hydrogens is 258 g/mol. The zero-order valence-electron chi connectivity index (χ0n) is 14.1. The lowest BCUT2D eigenvalue weighted by Crippen LogP contribution is -2.35. The average Bonchev–Trinajstić information content (AvgIpc) is 2.96. The summed E-state index contributed by atoms with van der Waals surface area (Å²) in [6.45, 7) is 10.2. The van der Waals surface area contributed by atoms with Crippen molar-refractivity contribution in [1.82, 2.24) is 14.9 Å². The Morgan fingerprint density at radius 3 is 2.81 bits per heavy atom. The zero-order chi connectivity index (χ0) is 15.1. The molecule has 1 aliphatic carbocycles. The molecule has 120 valence electrons. The van der Waals surface area contributed by atoms with E-state index in [1.54, 1.807) is 0 Å². The number of imidazole rings is 1. The van der Waals surface area contributed by atoms with E-state index in [9.17, 15) is 0 Å². The molecule has 1 aromatic heterocycles. The molecule has 1 heterocycles. The number of hydrogen-bond acceptors (Lipinski definition) is 2. The standard InChI is InChI=1S/C18H33N3/c1-4-9-19-14-16-8-7-15(5-2)12-17(16)13-18-20-10-11-21(18)6-3/h10-11,15-17,19H,4-9,12-14H2,1-3H3. The Bertz CT molecular complexity index is 397. The minimum absolute atomic E-state index is 0.806. The summed E-state index contributed by atoms with van der Waals surface area (Å²) < 4.78 is 2.31. The van der Waals surface area contributed by atoms with Crippen LogP contribution in [0.15, 0.2) is 12.4 Å². The second-order valence-electron chi connectivity index (χ2n) is 6.65. The highest BCUT2D eigenvalue weighted by Gasteiger charge is 2.30. The molecule has 3 unspecified atom stereocenters. The van der Waals surface area contributed by atoms with Crippen LogP contribution in [0.1, 0.15) is 58.7 Å². The molecule has 1 saturated carbocycles. The normalized spacial score (nSPS) is 26.1. The van der Waals surface area contributed by atoms with Crippen LogP contribution in [0.3, 0.4) is 0 Å². The van der Waals surface area contributed by atoms with Crippen molar-refractivity contribution in [3.8, 4) is 0 Å². The first-order valence-electron chi connectivity index (χ1n) is 8.99. The van der Waals surface area contributed by atoms with Crippen molar-refractivity contribution in [2.45, 2.75) is 65.8 Å². The Balaban J connectivity index is 1.98. The van der Waals surface area contributed by atoms with Crippen molar-refractivity contribution in [3.63, 3.8) is 0 Å². The molecule has 0 radical (unpaired) electrons. The first-order chi connectivity index (χ1) is 10.3. The van der Waals surface area contributed by atoms with Crippen LogP contribution in [-0.2, 0) is 13.0 Å². The minimum Gasteiger partial charge on any atom is -0.335 e. The molecule has 0 saturated heterocycles. The maximum Gasteiger partial charge on any atom is 0.108 e. The van der Waals surface area contributed by atoms with E-state index in [-0.39, 0.29) is 0 Å². The fourth-order valence-corrected chi connectivity index (χ4v) is 3.83. The summed E-state index contributed by atoms with van der Waals surface area (Å²) in [4.78, 5) is 4.61. The molecule has 3 nitrogen and oxygen atoms in total. The highest BCUT2D eigenvalue weighted by Crippen LogP contribution is 2.37. The molecule has 2 rings (SSSR count). The highest BCUT2D eigenvalue weighted by atomic mass is 15.1. The van der Waals surface area contributed by atoms with Gasteiger partial charge in [0, 0.05) is 25.4 Å². The Morgan fingerprint density at radius 2 is 2.10 bits per heavy atom. The molecule has 0 bridgehead atoms. The smallest absolute Gasteiger partial charge is 0.108 e. The van der Waals surface area contributed by atoms with Crippen molar-refractivity contribution >= 4 is 0 Å². The van der Waals surface area contributed by atoms with Crippen molar-refractivity contribution in [2.24, 2.45) is 17.8 Å². The van der Waals surface area contributed by atoms with Gasteiger partial charge in [-0.05, 0) is 57.0 Å². The summed E-state index contributed by atoms with van der Waals surface area (Å²) in [5.74, 6) is 3.87. The maximum absolute atomic E-state index is 4.61. The molecule has 0 aliphatic heterocycles. The first kappa shape index (κ1) is 16.5. The van der Waals surface area contributed by atoms with Crippen LogP contribution >= 0.6 is 0 Å². The highest BCUT2D eigenvalue weighted by molar-refractivity contribution is 4.96. The molecule has 0 spiro atoms. The van der Waals surface area contributed by atoms with Gasteiger partial charge in [-0.2, -0.15) is 0 Å². The van der Waals surface area contributed by atoms with Gasteiger partial charge >= 0.3 is 0 Å². The quantitative estimate of drug-likeness (QED) is 0.736. The molecule has 0 amide bonds. The Morgan fingerprint density at radius 1 is 1.24 bits per heavy atom. The summed E-state index contributed by atoms with van der Waals surface area (Å²) in [7, 11) is 0. The van der Waals surface area contributed by atoms with Crippen LogP contribution in [0.25, 0.3) is 0 Å². The lowest BCUT2D eigenvalue weighted by atomic mass is 9.71. The van der Waals surface area contributed by atoms with Crippen LogP contribution in [0.5, 0.6) is 0 Å². The molecule has 3 heteroatoms. The summed E-state index contributed by atoms with van der Waals surface area (Å²) >= 11 is 0. The number of hydrogen-bond donors (Lipinski definition) is 1. The summed E-state index contributed by atoms with van der Waals surface area (Å²) in [5.41, 5.74) is 0. The largest absolute Gasteiger partial charge is 0.335 e. The van der Waals surface area contributed by atoms with Gasteiger partial charge in [-0.1, -0.05) is 26.7 Å². The van der Waals surface area contributed by atoms with Gasteiger partial charge in [0.1, 0.15) is 5.82 Å². The van der Waals surface area contributed by atoms with E-state index >= 15 is 0 Å². The van der Waals surface area contributed by atoms with Gasteiger partial charge < -0.3 is 9.88 Å². The number of rotatable bonds is 8. The molecule has 1 aromatic rings. The lowest BCUT2D eigenvalue weighted by Gasteiger charge is -2.36. The van der Waals surface area contributed by atoms with Gasteiger partial charge in [0.05, 0.1) is 0 Å². The first-order valence-corrected chi connectivity index (χ1v) is 8.99. The van der Waals surface area contributed by atoms with Crippen LogP contribution in [-0.4, -0.2) is 22.6 Å². The SMILES string of the molecule is CCCNCC1CCC(CC)CC1Cc1nccn1CC. The van der Waals surface area contributed by atoms with Crippen LogP contribution < -0.4 is 5.32 Å². The van der Waals surface area contributed by atoms with E-state index in [0.717, 1.165) is 37.3 Å². The topological polar surface area (TPSA) is 29.9 Å². The van der Waals surface area contributed by atoms with Gasteiger partial charge in [0.15, 0.2) is 0 Å². The third-order valence-corrected chi connectivity index (χ3v) is 5.25. The van der Waals surface area contributed by atoms with Crippen LogP contribution in [0, 0.1) is 17.8 Å². The molecule has 1 fully saturated rings. The lowest BCUT2D eigenvalue weighted by molar-refractivity contribution is 0.168. The number of nitrogens with zero attached hydrogens (tertiary/aromatic N) is 2. The predicted octanol–water partition coefficient (Wildman–Crippen LogP) is 3.89. The van der Waals surface area contributed by atoms with Gasteiger partial charge in [-0.25, -0.2) is 4.98 Å². The van der Waals surface area contributed by atoms with Gasteiger partial charge in [0.2, 0.25) is 0 Å². The Kier molecular flexibility index (Phi) is 6.75. The molecule has 3 atom stereocenters. The molecule has 21 heavy (non-hydrogen) atoms. The third kappa shape index (κ3) is 4.57. The van der Waals surface area contributed by atoms with Crippen molar-refractivity contribution in [2.75, 3.05) is 13.1 Å². The Hall–Kier alpha value is -0.830. The monoisotopic (exact) mass is 291 g/mol. The number of aromatic nitrogens is 2. The fraction of sp³-hybridized carbons (Fsp3) is 0.833. The van der Waals surface area contributed by atoms with E-state index in [2.05, 4.69) is 41.8 Å². The Labute approximate surface area is 130 Å². The maximum atomic E-state index is 4.61.